The monoisotopic (exact) mass is 397 g/mol. The first-order chi connectivity index (χ1) is 13.7. The number of hydrogen-bond donors (Lipinski definition) is 2. The van der Waals surface area contributed by atoms with Gasteiger partial charge in [-0.1, -0.05) is 6.07 Å². The Hall–Kier alpha value is -2.51. The molecule has 146 valence electrons. The average molecular weight is 398 g/mol. The molecule has 28 heavy (non-hydrogen) atoms. The number of aromatic nitrogens is 2. The summed E-state index contributed by atoms with van der Waals surface area (Å²) in [6.07, 6.45) is 3.13. The SMILES string of the molecule is O=C(C[C@H]1CN2CCC1CC2)c1n[nH]c2ccc(-c3ccsc3)cc12.O=CO. The van der Waals surface area contributed by atoms with Crippen molar-refractivity contribution in [1.82, 2.24) is 15.1 Å². The van der Waals surface area contributed by atoms with Crippen LogP contribution in [0.5, 0.6) is 0 Å². The van der Waals surface area contributed by atoms with E-state index in [2.05, 4.69) is 44.1 Å². The lowest BCUT2D eigenvalue weighted by Crippen LogP contribution is -2.47. The lowest BCUT2D eigenvalue weighted by Gasteiger charge is -2.44. The van der Waals surface area contributed by atoms with Gasteiger partial charge in [-0.3, -0.25) is 14.7 Å². The molecule has 3 aromatic rings. The van der Waals surface area contributed by atoms with Gasteiger partial charge < -0.3 is 10.0 Å². The Labute approximate surface area is 167 Å². The van der Waals surface area contributed by atoms with Crippen LogP contribution in [0, 0.1) is 11.8 Å². The van der Waals surface area contributed by atoms with E-state index in [0.29, 0.717) is 18.0 Å². The van der Waals surface area contributed by atoms with Crippen LogP contribution in [0.15, 0.2) is 35.0 Å². The van der Waals surface area contributed by atoms with Crippen LogP contribution in [0.3, 0.4) is 0 Å². The number of nitrogens with one attached hydrogen (secondary N) is 1. The third-order valence-electron chi connectivity index (χ3n) is 5.92. The summed E-state index contributed by atoms with van der Waals surface area (Å²) in [7, 11) is 0. The van der Waals surface area contributed by atoms with Crippen LogP contribution in [0.2, 0.25) is 0 Å². The van der Waals surface area contributed by atoms with E-state index < -0.39 is 0 Å². The Morgan fingerprint density at radius 1 is 1.29 bits per heavy atom. The zero-order valence-corrected chi connectivity index (χ0v) is 16.3. The number of piperidine rings is 3. The minimum Gasteiger partial charge on any atom is -0.483 e. The van der Waals surface area contributed by atoms with Crippen molar-refractivity contribution in [2.75, 3.05) is 19.6 Å². The highest BCUT2D eigenvalue weighted by Crippen LogP contribution is 2.35. The zero-order chi connectivity index (χ0) is 19.5. The molecule has 1 aromatic carbocycles. The van der Waals surface area contributed by atoms with E-state index in [4.69, 9.17) is 9.90 Å². The molecule has 0 saturated carbocycles. The van der Waals surface area contributed by atoms with Crippen LogP contribution >= 0.6 is 11.3 Å². The number of H-pyrrole nitrogens is 1. The number of thiophene rings is 1. The molecule has 0 radical (unpaired) electrons. The minimum absolute atomic E-state index is 0.187. The van der Waals surface area contributed by atoms with Gasteiger partial charge in [-0.2, -0.15) is 16.4 Å². The minimum atomic E-state index is -0.250. The molecule has 0 aliphatic carbocycles. The second-order valence-electron chi connectivity index (χ2n) is 7.48. The molecule has 0 unspecified atom stereocenters. The summed E-state index contributed by atoms with van der Waals surface area (Å²) in [5.41, 5.74) is 3.90. The van der Waals surface area contributed by atoms with Crippen LogP contribution < -0.4 is 0 Å². The summed E-state index contributed by atoms with van der Waals surface area (Å²) in [6.45, 7) is 3.26. The van der Waals surface area contributed by atoms with Gasteiger partial charge in [-0.15, -0.1) is 0 Å². The van der Waals surface area contributed by atoms with E-state index in [1.807, 2.05) is 6.07 Å². The van der Waals surface area contributed by atoms with Gasteiger partial charge in [0.25, 0.3) is 6.47 Å². The molecule has 2 aromatic heterocycles. The van der Waals surface area contributed by atoms with E-state index in [0.717, 1.165) is 28.9 Å². The Balaban J connectivity index is 0.000000604. The van der Waals surface area contributed by atoms with Gasteiger partial charge in [0, 0.05) is 18.4 Å². The normalized spacial score (nSPS) is 23.2. The lowest BCUT2D eigenvalue weighted by atomic mass is 9.76. The molecule has 1 atom stereocenters. The van der Waals surface area contributed by atoms with E-state index in [-0.39, 0.29) is 12.3 Å². The molecular formula is C21H23N3O3S. The van der Waals surface area contributed by atoms with Crippen molar-refractivity contribution < 1.29 is 14.7 Å². The summed E-state index contributed by atoms with van der Waals surface area (Å²) >= 11 is 1.69. The molecule has 6 nitrogen and oxygen atoms in total. The first-order valence-electron chi connectivity index (χ1n) is 9.53. The molecule has 3 aliphatic rings. The van der Waals surface area contributed by atoms with Gasteiger partial charge >= 0.3 is 0 Å². The fourth-order valence-electron chi connectivity index (χ4n) is 4.49. The number of carbonyl (C=O) groups excluding carboxylic acids is 1. The molecule has 0 amide bonds. The zero-order valence-electron chi connectivity index (χ0n) is 15.5. The highest BCUT2D eigenvalue weighted by atomic mass is 32.1. The highest BCUT2D eigenvalue weighted by molar-refractivity contribution is 7.08. The fraction of sp³-hybridized carbons (Fsp3) is 0.381. The first-order valence-corrected chi connectivity index (χ1v) is 10.5. The highest BCUT2D eigenvalue weighted by Gasteiger charge is 2.35. The third kappa shape index (κ3) is 3.72. The number of nitrogens with zero attached hydrogens (tertiary/aromatic N) is 2. The molecule has 3 fully saturated rings. The van der Waals surface area contributed by atoms with Crippen LogP contribution in [-0.2, 0) is 4.79 Å². The molecule has 7 heteroatoms. The van der Waals surface area contributed by atoms with Gasteiger partial charge in [-0.25, -0.2) is 0 Å². The Morgan fingerprint density at radius 3 is 2.71 bits per heavy atom. The van der Waals surface area contributed by atoms with Crippen molar-refractivity contribution in [2.45, 2.75) is 19.3 Å². The number of carboxylic acid groups (broad SMARTS) is 1. The van der Waals surface area contributed by atoms with Crippen LogP contribution in [0.25, 0.3) is 22.0 Å². The molecule has 2 N–H and O–H groups in total. The largest absolute Gasteiger partial charge is 0.483 e. The predicted octanol–water partition coefficient (Wildman–Crippen LogP) is 3.91. The van der Waals surface area contributed by atoms with Gasteiger partial charge in [0.1, 0.15) is 5.69 Å². The van der Waals surface area contributed by atoms with E-state index in [1.165, 1.54) is 31.5 Å². The number of aromatic amines is 1. The number of carbonyl (C=O) groups is 2. The van der Waals surface area contributed by atoms with Gasteiger partial charge in [0.05, 0.1) is 5.52 Å². The maximum absolute atomic E-state index is 13.0. The topological polar surface area (TPSA) is 86.3 Å². The molecule has 3 saturated heterocycles. The third-order valence-corrected chi connectivity index (χ3v) is 6.60. The van der Waals surface area contributed by atoms with Gasteiger partial charge in [-0.05, 0) is 77.9 Å². The Kier molecular flexibility index (Phi) is 5.54. The lowest BCUT2D eigenvalue weighted by molar-refractivity contribution is -0.122. The average Bonchev–Trinajstić information content (AvgIpc) is 3.39. The van der Waals surface area contributed by atoms with Crippen molar-refractivity contribution in [3.05, 3.63) is 40.7 Å². The smallest absolute Gasteiger partial charge is 0.290 e. The molecular weight excluding hydrogens is 374 g/mol. The quantitative estimate of drug-likeness (QED) is 0.515. The van der Waals surface area contributed by atoms with Crippen molar-refractivity contribution in [2.24, 2.45) is 11.8 Å². The van der Waals surface area contributed by atoms with E-state index in [9.17, 15) is 4.79 Å². The molecule has 6 rings (SSSR count). The second kappa shape index (κ2) is 8.24. The van der Waals surface area contributed by atoms with Gasteiger partial charge in [0.2, 0.25) is 0 Å². The van der Waals surface area contributed by atoms with Crippen molar-refractivity contribution in [3.8, 4) is 11.1 Å². The van der Waals surface area contributed by atoms with Gasteiger partial charge in [0.15, 0.2) is 5.78 Å². The number of ketones is 1. The van der Waals surface area contributed by atoms with Crippen molar-refractivity contribution in [3.63, 3.8) is 0 Å². The number of benzene rings is 1. The fourth-order valence-corrected chi connectivity index (χ4v) is 5.15. The standard InChI is InChI=1S/C20H21N3OS.CH2O2/c24-19(10-16-11-23-6-3-13(16)4-7-23)20-17-9-14(15-5-8-25-12-15)1-2-18(17)21-22-20;2-1-3/h1-2,5,8-9,12-13,16H,3-4,6-7,10-11H2,(H,21,22);1H,(H,2,3)/t16-;/m0./s1. The predicted molar refractivity (Wildman–Crippen MR) is 110 cm³/mol. The molecule has 5 heterocycles. The first kappa shape index (κ1) is 18.8. The van der Waals surface area contributed by atoms with Crippen molar-refractivity contribution in [1.29, 1.82) is 0 Å². The molecule has 2 bridgehead atoms. The number of fused-ring (bicyclic) bond motifs is 4. The summed E-state index contributed by atoms with van der Waals surface area (Å²) in [6, 6.07) is 8.33. The Bertz CT molecular complexity index is 959. The summed E-state index contributed by atoms with van der Waals surface area (Å²) < 4.78 is 0. The van der Waals surface area contributed by atoms with Crippen molar-refractivity contribution >= 4 is 34.5 Å². The molecule has 3 aliphatic heterocycles. The summed E-state index contributed by atoms with van der Waals surface area (Å²) in [4.78, 5) is 23.8. The van der Waals surface area contributed by atoms with E-state index in [1.54, 1.807) is 11.3 Å². The second-order valence-corrected chi connectivity index (χ2v) is 8.26. The van der Waals surface area contributed by atoms with E-state index >= 15 is 0 Å². The summed E-state index contributed by atoms with van der Waals surface area (Å²) in [5, 5.41) is 19.4. The summed E-state index contributed by atoms with van der Waals surface area (Å²) in [5.74, 6) is 1.41. The Morgan fingerprint density at radius 2 is 2.07 bits per heavy atom. The molecule has 0 spiro atoms. The number of Topliss-reactive ketones (excluding diaryl/α,β-unsaturated/α-hetero) is 1. The van der Waals surface area contributed by atoms with Crippen LogP contribution in [0.1, 0.15) is 29.8 Å². The van der Waals surface area contributed by atoms with Crippen LogP contribution in [-0.4, -0.2) is 52.1 Å². The maximum Gasteiger partial charge on any atom is 0.290 e. The van der Waals surface area contributed by atoms with Crippen LogP contribution in [0.4, 0.5) is 0 Å². The number of rotatable bonds is 4. The number of hydrogen-bond acceptors (Lipinski definition) is 5. The maximum atomic E-state index is 13.0.